The third-order valence-electron chi connectivity index (χ3n) is 3.39. The standard InChI is InChI=1S/C15H21NO5/c1-11-8-16(9-12(10-17)21-11)6-7-20-14-5-3-2-4-13(14)15(18)19/h2-5,11-12,17H,6-10H2,1H3,(H,18,19). The van der Waals surface area contributed by atoms with Crippen LogP contribution in [0.15, 0.2) is 24.3 Å². The van der Waals surface area contributed by atoms with Crippen LogP contribution in [-0.2, 0) is 4.74 Å². The van der Waals surface area contributed by atoms with E-state index in [9.17, 15) is 9.90 Å². The lowest BCUT2D eigenvalue weighted by Crippen LogP contribution is -2.49. The van der Waals surface area contributed by atoms with Crippen LogP contribution in [0, 0.1) is 0 Å². The highest BCUT2D eigenvalue weighted by Crippen LogP contribution is 2.18. The van der Waals surface area contributed by atoms with Crippen molar-refractivity contribution in [3.63, 3.8) is 0 Å². The largest absolute Gasteiger partial charge is 0.491 e. The first-order valence-electron chi connectivity index (χ1n) is 7.04. The highest BCUT2D eigenvalue weighted by Gasteiger charge is 2.24. The van der Waals surface area contributed by atoms with Crippen molar-refractivity contribution in [2.24, 2.45) is 0 Å². The van der Waals surface area contributed by atoms with E-state index in [0.717, 1.165) is 6.54 Å². The van der Waals surface area contributed by atoms with Crippen molar-refractivity contribution in [1.29, 1.82) is 0 Å². The van der Waals surface area contributed by atoms with Gasteiger partial charge in [0.05, 0.1) is 18.8 Å². The lowest BCUT2D eigenvalue weighted by Gasteiger charge is -2.35. The highest BCUT2D eigenvalue weighted by atomic mass is 16.5. The van der Waals surface area contributed by atoms with Crippen molar-refractivity contribution in [2.45, 2.75) is 19.1 Å². The van der Waals surface area contributed by atoms with Gasteiger partial charge in [0.1, 0.15) is 17.9 Å². The number of aliphatic hydroxyl groups excluding tert-OH is 1. The van der Waals surface area contributed by atoms with E-state index < -0.39 is 5.97 Å². The number of rotatable bonds is 6. The number of carbonyl (C=O) groups is 1. The monoisotopic (exact) mass is 295 g/mol. The van der Waals surface area contributed by atoms with E-state index in [1.54, 1.807) is 18.2 Å². The van der Waals surface area contributed by atoms with Crippen molar-refractivity contribution in [3.05, 3.63) is 29.8 Å². The average molecular weight is 295 g/mol. The summed E-state index contributed by atoms with van der Waals surface area (Å²) in [5.74, 6) is -0.615. The Hall–Kier alpha value is -1.63. The fourth-order valence-corrected chi connectivity index (χ4v) is 2.48. The SMILES string of the molecule is CC1CN(CCOc2ccccc2C(=O)O)CC(CO)O1. The second-order valence-electron chi connectivity index (χ2n) is 5.16. The van der Waals surface area contributed by atoms with E-state index in [4.69, 9.17) is 14.6 Å². The summed E-state index contributed by atoms with van der Waals surface area (Å²) in [6.45, 7) is 4.47. The lowest BCUT2D eigenvalue weighted by molar-refractivity contribution is -0.0965. The minimum atomic E-state index is -0.995. The Morgan fingerprint density at radius 1 is 1.43 bits per heavy atom. The number of aliphatic hydroxyl groups is 1. The molecule has 116 valence electrons. The maximum atomic E-state index is 11.1. The molecule has 0 saturated carbocycles. The quantitative estimate of drug-likeness (QED) is 0.810. The van der Waals surface area contributed by atoms with Gasteiger partial charge < -0.3 is 19.7 Å². The number of hydrogen-bond acceptors (Lipinski definition) is 5. The van der Waals surface area contributed by atoms with Gasteiger partial charge in [-0.25, -0.2) is 4.79 Å². The number of ether oxygens (including phenoxy) is 2. The van der Waals surface area contributed by atoms with Crippen molar-refractivity contribution < 1.29 is 24.5 Å². The fourth-order valence-electron chi connectivity index (χ4n) is 2.48. The van der Waals surface area contributed by atoms with Gasteiger partial charge in [-0.1, -0.05) is 12.1 Å². The van der Waals surface area contributed by atoms with Gasteiger partial charge in [0, 0.05) is 19.6 Å². The Kier molecular flexibility index (Phi) is 5.55. The smallest absolute Gasteiger partial charge is 0.339 e. The molecule has 2 atom stereocenters. The van der Waals surface area contributed by atoms with Crippen molar-refractivity contribution in [2.75, 3.05) is 32.8 Å². The van der Waals surface area contributed by atoms with Crippen LogP contribution in [-0.4, -0.2) is 66.1 Å². The molecule has 6 nitrogen and oxygen atoms in total. The van der Waals surface area contributed by atoms with Gasteiger partial charge in [0.2, 0.25) is 0 Å². The maximum absolute atomic E-state index is 11.1. The van der Waals surface area contributed by atoms with E-state index in [0.29, 0.717) is 25.4 Å². The predicted molar refractivity (Wildman–Crippen MR) is 76.8 cm³/mol. The van der Waals surface area contributed by atoms with Crippen molar-refractivity contribution in [1.82, 2.24) is 4.90 Å². The summed E-state index contributed by atoms with van der Waals surface area (Å²) >= 11 is 0. The average Bonchev–Trinajstić information content (AvgIpc) is 2.47. The van der Waals surface area contributed by atoms with Crippen LogP contribution in [0.4, 0.5) is 0 Å². The molecule has 0 aliphatic carbocycles. The molecule has 1 fully saturated rings. The van der Waals surface area contributed by atoms with Crippen LogP contribution in [0.5, 0.6) is 5.75 Å². The normalized spacial score (nSPS) is 23.0. The number of hydrogen-bond donors (Lipinski definition) is 2. The summed E-state index contributed by atoms with van der Waals surface area (Å²) in [6.07, 6.45) is -0.0951. The van der Waals surface area contributed by atoms with Gasteiger partial charge in [0.15, 0.2) is 0 Å². The summed E-state index contributed by atoms with van der Waals surface area (Å²) in [7, 11) is 0. The molecule has 2 unspecified atom stereocenters. The Morgan fingerprint density at radius 3 is 2.90 bits per heavy atom. The van der Waals surface area contributed by atoms with E-state index in [1.807, 2.05) is 6.92 Å². The molecule has 2 rings (SSSR count). The van der Waals surface area contributed by atoms with E-state index in [-0.39, 0.29) is 24.4 Å². The molecule has 1 heterocycles. The van der Waals surface area contributed by atoms with Crippen molar-refractivity contribution in [3.8, 4) is 5.75 Å². The molecule has 1 aliphatic heterocycles. The van der Waals surface area contributed by atoms with Crippen LogP contribution in [0.2, 0.25) is 0 Å². The molecular weight excluding hydrogens is 274 g/mol. The zero-order valence-electron chi connectivity index (χ0n) is 12.1. The zero-order valence-corrected chi connectivity index (χ0v) is 12.1. The zero-order chi connectivity index (χ0) is 15.2. The van der Waals surface area contributed by atoms with Gasteiger partial charge in [-0.05, 0) is 19.1 Å². The van der Waals surface area contributed by atoms with E-state index in [1.165, 1.54) is 6.07 Å². The molecule has 0 radical (unpaired) electrons. The molecule has 1 aromatic carbocycles. The molecule has 2 N–H and O–H groups in total. The predicted octanol–water partition coefficient (Wildman–Crippen LogP) is 0.845. The van der Waals surface area contributed by atoms with Crippen molar-refractivity contribution >= 4 is 5.97 Å². The summed E-state index contributed by atoms with van der Waals surface area (Å²) < 4.78 is 11.2. The molecule has 1 aromatic rings. The number of nitrogens with zero attached hydrogens (tertiary/aromatic N) is 1. The van der Waals surface area contributed by atoms with Gasteiger partial charge in [-0.15, -0.1) is 0 Å². The van der Waals surface area contributed by atoms with Crippen LogP contribution >= 0.6 is 0 Å². The number of para-hydroxylation sites is 1. The highest BCUT2D eigenvalue weighted by molar-refractivity contribution is 5.90. The Morgan fingerprint density at radius 2 is 2.19 bits per heavy atom. The minimum Gasteiger partial charge on any atom is -0.491 e. The van der Waals surface area contributed by atoms with E-state index in [2.05, 4.69) is 4.90 Å². The van der Waals surface area contributed by atoms with Crippen LogP contribution in [0.1, 0.15) is 17.3 Å². The number of benzene rings is 1. The Labute approximate surface area is 123 Å². The van der Waals surface area contributed by atoms with Gasteiger partial charge >= 0.3 is 5.97 Å². The lowest BCUT2D eigenvalue weighted by atomic mass is 10.2. The molecule has 0 spiro atoms. The van der Waals surface area contributed by atoms with Gasteiger partial charge in [0.25, 0.3) is 0 Å². The van der Waals surface area contributed by atoms with Gasteiger partial charge in [-0.3, -0.25) is 4.90 Å². The number of morpholine rings is 1. The summed E-state index contributed by atoms with van der Waals surface area (Å²) in [5, 5.41) is 18.3. The van der Waals surface area contributed by atoms with Crippen LogP contribution in [0.25, 0.3) is 0 Å². The number of carboxylic acids is 1. The maximum Gasteiger partial charge on any atom is 0.339 e. The minimum absolute atomic E-state index is 0.00352. The second-order valence-corrected chi connectivity index (χ2v) is 5.16. The Bertz CT molecular complexity index is 479. The first-order valence-corrected chi connectivity index (χ1v) is 7.04. The number of aromatic carboxylic acids is 1. The molecule has 0 amide bonds. The molecule has 1 saturated heterocycles. The number of carboxylic acid groups (broad SMARTS) is 1. The summed E-state index contributed by atoms with van der Waals surface area (Å²) in [5.41, 5.74) is 0.168. The summed E-state index contributed by atoms with van der Waals surface area (Å²) in [6, 6.07) is 6.60. The molecule has 0 bridgehead atoms. The third-order valence-corrected chi connectivity index (χ3v) is 3.39. The first kappa shape index (κ1) is 15.8. The molecule has 0 aromatic heterocycles. The Balaban J connectivity index is 1.85. The molecule has 1 aliphatic rings. The third kappa shape index (κ3) is 4.42. The second kappa shape index (κ2) is 7.40. The summed E-state index contributed by atoms with van der Waals surface area (Å²) in [4.78, 5) is 13.2. The molecule has 6 heteroatoms. The molecule has 21 heavy (non-hydrogen) atoms. The van der Waals surface area contributed by atoms with Crippen LogP contribution < -0.4 is 4.74 Å². The van der Waals surface area contributed by atoms with Gasteiger partial charge in [-0.2, -0.15) is 0 Å². The molecular formula is C15H21NO5. The first-order chi connectivity index (χ1) is 10.1. The fraction of sp³-hybridized carbons (Fsp3) is 0.533. The van der Waals surface area contributed by atoms with E-state index >= 15 is 0 Å². The topological polar surface area (TPSA) is 79.2 Å². The van der Waals surface area contributed by atoms with Crippen LogP contribution in [0.3, 0.4) is 0 Å².